The monoisotopic (exact) mass is 313 g/mol. The molecule has 0 radical (unpaired) electrons. The summed E-state index contributed by atoms with van der Waals surface area (Å²) in [4.78, 5) is 0.252. The Morgan fingerprint density at radius 3 is 2.57 bits per heavy atom. The van der Waals surface area contributed by atoms with Gasteiger partial charge in [0.25, 0.3) is 0 Å². The largest absolute Gasteiger partial charge is 0.392 e. The summed E-state index contributed by atoms with van der Waals surface area (Å²) in [7, 11) is -1.97. The van der Waals surface area contributed by atoms with E-state index in [0.29, 0.717) is 18.5 Å². The number of rotatable bonds is 7. The van der Waals surface area contributed by atoms with Crippen LogP contribution in [-0.2, 0) is 27.8 Å². The molecule has 0 amide bonds. The maximum Gasteiger partial charge on any atom is 0.240 e. The van der Waals surface area contributed by atoms with E-state index in [1.807, 2.05) is 6.92 Å². The van der Waals surface area contributed by atoms with Crippen LogP contribution in [0.1, 0.15) is 37.3 Å². The SMILES string of the molecule is CCc1ccc(CO)cc1S(=O)(=O)NCC1(OC)CCC1. The van der Waals surface area contributed by atoms with Gasteiger partial charge >= 0.3 is 0 Å². The number of sulfonamides is 1. The summed E-state index contributed by atoms with van der Waals surface area (Å²) in [5, 5.41) is 9.20. The third-order valence-electron chi connectivity index (χ3n) is 4.27. The highest BCUT2D eigenvalue weighted by atomic mass is 32.2. The van der Waals surface area contributed by atoms with Crippen LogP contribution in [0.15, 0.2) is 23.1 Å². The molecule has 6 heteroatoms. The molecule has 0 heterocycles. The normalized spacial score (nSPS) is 17.5. The first-order valence-corrected chi connectivity index (χ1v) is 8.72. The van der Waals surface area contributed by atoms with E-state index in [1.165, 1.54) is 0 Å². The van der Waals surface area contributed by atoms with Crippen molar-refractivity contribution in [3.05, 3.63) is 29.3 Å². The molecule has 0 aromatic heterocycles. The van der Waals surface area contributed by atoms with Crippen LogP contribution in [0.4, 0.5) is 0 Å². The molecule has 0 saturated heterocycles. The molecule has 21 heavy (non-hydrogen) atoms. The third kappa shape index (κ3) is 3.45. The number of hydrogen-bond acceptors (Lipinski definition) is 4. The lowest BCUT2D eigenvalue weighted by Gasteiger charge is -2.40. The van der Waals surface area contributed by atoms with Crippen molar-refractivity contribution >= 4 is 10.0 Å². The lowest BCUT2D eigenvalue weighted by Crippen LogP contribution is -2.49. The summed E-state index contributed by atoms with van der Waals surface area (Å²) in [5.41, 5.74) is 0.992. The first kappa shape index (κ1) is 16.4. The number of methoxy groups -OCH3 is 1. The second-order valence-electron chi connectivity index (χ2n) is 5.52. The summed E-state index contributed by atoms with van der Waals surface area (Å²) in [6.45, 7) is 2.03. The highest BCUT2D eigenvalue weighted by Gasteiger charge is 2.38. The molecule has 1 aliphatic rings. The standard InChI is InChI=1S/C15H23NO4S/c1-3-13-6-5-12(10-17)9-14(13)21(18,19)16-11-15(20-2)7-4-8-15/h5-6,9,16-17H,3-4,7-8,10-11H2,1-2H3. The Hall–Kier alpha value is -0.950. The molecule has 0 bridgehead atoms. The first-order chi connectivity index (χ1) is 9.96. The molecule has 0 atom stereocenters. The lowest BCUT2D eigenvalue weighted by molar-refractivity contribution is -0.0659. The van der Waals surface area contributed by atoms with Crippen LogP contribution in [0.5, 0.6) is 0 Å². The maximum absolute atomic E-state index is 12.5. The molecule has 0 spiro atoms. The fourth-order valence-corrected chi connectivity index (χ4v) is 4.04. The number of benzene rings is 1. The lowest BCUT2D eigenvalue weighted by atomic mass is 9.80. The van der Waals surface area contributed by atoms with Crippen LogP contribution in [-0.4, -0.2) is 32.8 Å². The topological polar surface area (TPSA) is 75.6 Å². The van der Waals surface area contributed by atoms with E-state index in [2.05, 4.69) is 4.72 Å². The molecular formula is C15H23NO4S. The van der Waals surface area contributed by atoms with E-state index in [9.17, 15) is 13.5 Å². The molecule has 0 aliphatic heterocycles. The Labute approximate surface area is 126 Å². The fourth-order valence-electron chi connectivity index (χ4n) is 2.57. The minimum atomic E-state index is -3.60. The predicted molar refractivity (Wildman–Crippen MR) is 80.5 cm³/mol. The number of hydrogen-bond donors (Lipinski definition) is 2. The average molecular weight is 313 g/mol. The summed E-state index contributed by atoms with van der Waals surface area (Å²) >= 11 is 0. The van der Waals surface area contributed by atoms with Gasteiger partial charge in [-0.2, -0.15) is 0 Å². The zero-order chi connectivity index (χ0) is 15.5. The van der Waals surface area contributed by atoms with Crippen LogP contribution in [0.2, 0.25) is 0 Å². The van der Waals surface area contributed by atoms with Crippen molar-refractivity contribution in [3.63, 3.8) is 0 Å². The highest BCUT2D eigenvalue weighted by molar-refractivity contribution is 7.89. The Morgan fingerprint density at radius 2 is 2.10 bits per heavy atom. The predicted octanol–water partition coefficient (Wildman–Crippen LogP) is 1.59. The first-order valence-electron chi connectivity index (χ1n) is 7.24. The number of ether oxygens (including phenoxy) is 1. The van der Waals surface area contributed by atoms with Gasteiger partial charge in [0.15, 0.2) is 0 Å². The molecule has 1 aromatic carbocycles. The van der Waals surface area contributed by atoms with Crippen LogP contribution in [0.25, 0.3) is 0 Å². The second-order valence-corrected chi connectivity index (χ2v) is 7.25. The zero-order valence-corrected chi connectivity index (χ0v) is 13.4. The van der Waals surface area contributed by atoms with Crippen molar-refractivity contribution in [1.29, 1.82) is 0 Å². The third-order valence-corrected chi connectivity index (χ3v) is 5.75. The van der Waals surface area contributed by atoms with E-state index < -0.39 is 10.0 Å². The zero-order valence-electron chi connectivity index (χ0n) is 12.6. The van der Waals surface area contributed by atoms with Gasteiger partial charge in [0, 0.05) is 13.7 Å². The van der Waals surface area contributed by atoms with E-state index in [-0.39, 0.29) is 17.1 Å². The quantitative estimate of drug-likeness (QED) is 0.801. The van der Waals surface area contributed by atoms with Gasteiger partial charge in [-0.15, -0.1) is 0 Å². The molecule has 2 rings (SSSR count). The van der Waals surface area contributed by atoms with Gasteiger partial charge in [-0.05, 0) is 42.9 Å². The smallest absolute Gasteiger partial charge is 0.240 e. The molecule has 1 aromatic rings. The van der Waals surface area contributed by atoms with E-state index in [1.54, 1.807) is 25.3 Å². The van der Waals surface area contributed by atoms with E-state index in [4.69, 9.17) is 4.74 Å². The molecule has 1 saturated carbocycles. The number of aliphatic hydroxyl groups excluding tert-OH is 1. The molecule has 1 aliphatic carbocycles. The van der Waals surface area contributed by atoms with Crippen LogP contribution in [0, 0.1) is 0 Å². The van der Waals surface area contributed by atoms with Gasteiger partial charge in [0.2, 0.25) is 10.0 Å². The fraction of sp³-hybridized carbons (Fsp3) is 0.600. The van der Waals surface area contributed by atoms with Gasteiger partial charge in [-0.3, -0.25) is 0 Å². The minimum Gasteiger partial charge on any atom is -0.392 e. The summed E-state index contributed by atoms with van der Waals surface area (Å²) in [5.74, 6) is 0. The van der Waals surface area contributed by atoms with E-state index >= 15 is 0 Å². The van der Waals surface area contributed by atoms with Gasteiger partial charge < -0.3 is 9.84 Å². The van der Waals surface area contributed by atoms with Crippen molar-refractivity contribution in [2.75, 3.05) is 13.7 Å². The number of aryl methyl sites for hydroxylation is 1. The highest BCUT2D eigenvalue weighted by Crippen LogP contribution is 2.34. The molecular weight excluding hydrogens is 290 g/mol. The molecule has 1 fully saturated rings. The average Bonchev–Trinajstić information content (AvgIpc) is 2.45. The molecule has 2 N–H and O–H groups in total. The Morgan fingerprint density at radius 1 is 1.38 bits per heavy atom. The van der Waals surface area contributed by atoms with Crippen LogP contribution < -0.4 is 4.72 Å². The van der Waals surface area contributed by atoms with Gasteiger partial charge in [-0.1, -0.05) is 19.1 Å². The Bertz CT molecular complexity index is 588. The summed E-state index contributed by atoms with van der Waals surface area (Å²) in [6, 6.07) is 5.05. The Balaban J connectivity index is 2.22. The molecule has 118 valence electrons. The van der Waals surface area contributed by atoms with Crippen LogP contribution in [0.3, 0.4) is 0 Å². The molecule has 0 unspecified atom stereocenters. The van der Waals surface area contributed by atoms with Crippen molar-refractivity contribution in [1.82, 2.24) is 4.72 Å². The van der Waals surface area contributed by atoms with Crippen molar-refractivity contribution in [2.24, 2.45) is 0 Å². The maximum atomic E-state index is 12.5. The number of aliphatic hydroxyl groups is 1. The van der Waals surface area contributed by atoms with Gasteiger partial charge in [-0.25, -0.2) is 13.1 Å². The molecule has 5 nitrogen and oxygen atoms in total. The van der Waals surface area contributed by atoms with Crippen molar-refractivity contribution < 1.29 is 18.3 Å². The number of nitrogens with one attached hydrogen (secondary N) is 1. The summed E-state index contributed by atoms with van der Waals surface area (Å²) < 4.78 is 33.2. The van der Waals surface area contributed by atoms with E-state index in [0.717, 1.165) is 24.8 Å². The second kappa shape index (κ2) is 6.44. The van der Waals surface area contributed by atoms with Crippen molar-refractivity contribution in [2.45, 2.75) is 49.7 Å². The van der Waals surface area contributed by atoms with Gasteiger partial charge in [0.05, 0.1) is 17.1 Å². The Kier molecular flexibility index (Phi) is 5.03. The summed E-state index contributed by atoms with van der Waals surface area (Å²) in [6.07, 6.45) is 3.44. The minimum absolute atomic E-state index is 0.172. The van der Waals surface area contributed by atoms with Gasteiger partial charge in [0.1, 0.15) is 0 Å². The van der Waals surface area contributed by atoms with Crippen LogP contribution >= 0.6 is 0 Å². The van der Waals surface area contributed by atoms with Crippen molar-refractivity contribution in [3.8, 4) is 0 Å².